The van der Waals surface area contributed by atoms with E-state index in [0.717, 1.165) is 19.6 Å². The normalized spacial score (nSPS) is 14.3. The van der Waals surface area contributed by atoms with Crippen molar-refractivity contribution in [1.29, 1.82) is 0 Å². The molecule has 0 bridgehead atoms. The fraction of sp³-hybridized carbons (Fsp3) is 0.310. The number of sulfonamides is 1. The number of para-hydroxylation sites is 1. The van der Waals surface area contributed by atoms with Gasteiger partial charge in [0.15, 0.2) is 5.13 Å². The summed E-state index contributed by atoms with van der Waals surface area (Å²) in [4.78, 5) is 22.4. The molecule has 0 radical (unpaired) electrons. The number of thiazole rings is 1. The van der Waals surface area contributed by atoms with Crippen LogP contribution in [0.25, 0.3) is 10.2 Å². The summed E-state index contributed by atoms with van der Waals surface area (Å²) >= 11 is 1.26. The van der Waals surface area contributed by atoms with Gasteiger partial charge in [-0.1, -0.05) is 29.5 Å². The lowest BCUT2D eigenvalue weighted by Gasteiger charge is -2.27. The maximum atomic E-state index is 13.8. The van der Waals surface area contributed by atoms with Crippen molar-refractivity contribution < 1.29 is 22.3 Å². The predicted octanol–water partition coefficient (Wildman–Crippen LogP) is 5.02. The minimum absolute atomic E-state index is 0.101. The van der Waals surface area contributed by atoms with Crippen LogP contribution in [0.3, 0.4) is 0 Å². The molecule has 11 heteroatoms. The molecule has 1 aromatic heterocycles. The molecule has 3 aromatic carbocycles. The highest BCUT2D eigenvalue weighted by atomic mass is 32.2. The average molecular weight is 583 g/mol. The van der Waals surface area contributed by atoms with Crippen LogP contribution in [0.15, 0.2) is 77.7 Å². The molecular weight excluding hydrogens is 551 g/mol. The molecule has 40 heavy (non-hydrogen) atoms. The molecule has 1 fully saturated rings. The first-order chi connectivity index (χ1) is 19.4. The van der Waals surface area contributed by atoms with E-state index in [1.54, 1.807) is 42.2 Å². The minimum Gasteiger partial charge on any atom is -0.379 e. The first-order valence-electron chi connectivity index (χ1n) is 13.2. The Morgan fingerprint density at radius 2 is 1.77 bits per heavy atom. The number of carbonyl (C=O) groups excluding carboxylic acids is 1. The largest absolute Gasteiger partial charge is 0.379 e. The third kappa shape index (κ3) is 6.17. The van der Waals surface area contributed by atoms with Gasteiger partial charge in [-0.05, 0) is 67.9 Å². The summed E-state index contributed by atoms with van der Waals surface area (Å²) in [7, 11) is -3.82. The molecule has 0 atom stereocenters. The van der Waals surface area contributed by atoms with E-state index >= 15 is 0 Å². The number of halogens is 1. The van der Waals surface area contributed by atoms with Crippen LogP contribution >= 0.6 is 11.3 Å². The number of fused-ring (bicyclic) bond motifs is 1. The van der Waals surface area contributed by atoms with Gasteiger partial charge in [0.1, 0.15) is 5.82 Å². The Kier molecular flexibility index (Phi) is 8.75. The fourth-order valence-electron chi connectivity index (χ4n) is 4.70. The van der Waals surface area contributed by atoms with Crippen LogP contribution in [0.4, 0.5) is 15.2 Å². The molecule has 1 aliphatic heterocycles. The summed E-state index contributed by atoms with van der Waals surface area (Å²) in [6.07, 6.45) is 0.713. The van der Waals surface area contributed by atoms with E-state index in [9.17, 15) is 17.6 Å². The van der Waals surface area contributed by atoms with E-state index in [2.05, 4.69) is 9.88 Å². The van der Waals surface area contributed by atoms with Crippen LogP contribution in [-0.4, -0.2) is 70.1 Å². The van der Waals surface area contributed by atoms with Crippen LogP contribution in [0, 0.1) is 5.82 Å². The van der Waals surface area contributed by atoms with Gasteiger partial charge in [0.25, 0.3) is 15.9 Å². The minimum atomic E-state index is -3.82. The van der Waals surface area contributed by atoms with E-state index in [1.807, 2.05) is 6.07 Å². The lowest BCUT2D eigenvalue weighted by Crippen LogP contribution is -2.39. The fourth-order valence-corrected chi connectivity index (χ4v) is 7.19. The number of amides is 1. The number of hydrogen-bond acceptors (Lipinski definition) is 7. The SMILES string of the molecule is CCN(c1ccccc1)S(=O)(=O)c1ccc(C(=O)N(CCCN2CCOCC2)c2nc3ccc(F)cc3s2)cc1. The number of aromatic nitrogens is 1. The first kappa shape index (κ1) is 28.2. The Morgan fingerprint density at radius 1 is 1.05 bits per heavy atom. The summed E-state index contributed by atoms with van der Waals surface area (Å²) < 4.78 is 48.0. The summed E-state index contributed by atoms with van der Waals surface area (Å²) in [5.74, 6) is -0.651. The van der Waals surface area contributed by atoms with Crippen LogP contribution in [-0.2, 0) is 14.8 Å². The molecule has 2 heterocycles. The molecule has 0 saturated carbocycles. The van der Waals surface area contributed by atoms with Gasteiger partial charge in [-0.25, -0.2) is 17.8 Å². The highest BCUT2D eigenvalue weighted by Gasteiger charge is 2.26. The number of carbonyl (C=O) groups is 1. The van der Waals surface area contributed by atoms with E-state index in [1.165, 1.54) is 52.0 Å². The number of nitrogens with zero attached hydrogens (tertiary/aromatic N) is 4. The Balaban J connectivity index is 1.39. The quantitative estimate of drug-likeness (QED) is 0.261. The van der Waals surface area contributed by atoms with Crippen molar-refractivity contribution in [3.63, 3.8) is 0 Å². The molecule has 1 amide bonds. The zero-order valence-corrected chi connectivity index (χ0v) is 23.8. The number of benzene rings is 3. The van der Waals surface area contributed by atoms with E-state index < -0.39 is 10.0 Å². The smallest absolute Gasteiger partial charge is 0.264 e. The molecule has 5 rings (SSSR count). The molecule has 210 valence electrons. The molecule has 0 spiro atoms. The molecular formula is C29H31FN4O4S2. The standard InChI is InChI=1S/C29H31FN4O4S2/c1-2-34(24-7-4-3-5-8-24)40(36,37)25-12-9-22(10-13-25)28(35)33(16-6-15-32-17-19-38-20-18-32)29-31-26-14-11-23(30)21-27(26)39-29/h3-5,7-14,21H,2,6,15-20H2,1H3. The van der Waals surface area contributed by atoms with Gasteiger partial charge in [0.2, 0.25) is 0 Å². The van der Waals surface area contributed by atoms with Crippen molar-refractivity contribution in [1.82, 2.24) is 9.88 Å². The molecule has 4 aromatic rings. The van der Waals surface area contributed by atoms with Gasteiger partial charge in [0.05, 0.1) is 34.0 Å². The number of hydrogen-bond donors (Lipinski definition) is 0. The molecule has 0 unspecified atom stereocenters. The van der Waals surface area contributed by atoms with Gasteiger partial charge in [-0.3, -0.25) is 18.9 Å². The van der Waals surface area contributed by atoms with Crippen molar-refractivity contribution in [3.05, 3.63) is 84.2 Å². The Labute approximate surface area is 237 Å². The van der Waals surface area contributed by atoms with Crippen LogP contribution in [0.1, 0.15) is 23.7 Å². The second kappa shape index (κ2) is 12.4. The maximum absolute atomic E-state index is 13.8. The van der Waals surface area contributed by atoms with Gasteiger partial charge in [0, 0.05) is 38.3 Å². The Hall–Kier alpha value is -3.38. The second-order valence-electron chi connectivity index (χ2n) is 9.40. The monoisotopic (exact) mass is 582 g/mol. The highest BCUT2D eigenvalue weighted by Crippen LogP contribution is 2.31. The summed E-state index contributed by atoms with van der Waals surface area (Å²) in [5.41, 5.74) is 1.54. The molecule has 8 nitrogen and oxygen atoms in total. The molecule has 1 saturated heterocycles. The van der Waals surface area contributed by atoms with Crippen LogP contribution in [0.2, 0.25) is 0 Å². The molecule has 1 aliphatic rings. The zero-order chi connectivity index (χ0) is 28.1. The predicted molar refractivity (Wildman–Crippen MR) is 156 cm³/mol. The molecule has 0 N–H and O–H groups in total. The number of anilines is 2. The number of rotatable bonds is 10. The summed E-state index contributed by atoms with van der Waals surface area (Å²) in [6, 6.07) is 19.3. The number of morpholine rings is 1. The lowest BCUT2D eigenvalue weighted by atomic mass is 10.2. The molecule has 0 aliphatic carbocycles. The summed E-state index contributed by atoms with van der Waals surface area (Å²) in [5, 5.41) is 0.477. The average Bonchev–Trinajstić information content (AvgIpc) is 3.39. The van der Waals surface area contributed by atoms with Crippen LogP contribution < -0.4 is 9.21 Å². The van der Waals surface area contributed by atoms with Crippen molar-refractivity contribution >= 4 is 48.3 Å². The van der Waals surface area contributed by atoms with Crippen molar-refractivity contribution in [3.8, 4) is 0 Å². The Bertz CT molecular complexity index is 1560. The van der Waals surface area contributed by atoms with E-state index in [0.29, 0.717) is 52.8 Å². The van der Waals surface area contributed by atoms with E-state index in [-0.39, 0.29) is 23.2 Å². The second-order valence-corrected chi connectivity index (χ2v) is 12.3. The van der Waals surface area contributed by atoms with Crippen LogP contribution in [0.5, 0.6) is 0 Å². The van der Waals surface area contributed by atoms with Crippen molar-refractivity contribution in [2.45, 2.75) is 18.2 Å². The van der Waals surface area contributed by atoms with Gasteiger partial charge in [-0.15, -0.1) is 0 Å². The number of ether oxygens (including phenoxy) is 1. The Morgan fingerprint density at radius 3 is 2.48 bits per heavy atom. The maximum Gasteiger partial charge on any atom is 0.264 e. The lowest BCUT2D eigenvalue weighted by molar-refractivity contribution is 0.0376. The summed E-state index contributed by atoms with van der Waals surface area (Å²) in [6.45, 7) is 6.35. The van der Waals surface area contributed by atoms with Crippen molar-refractivity contribution in [2.24, 2.45) is 0 Å². The first-order valence-corrected chi connectivity index (χ1v) is 15.5. The van der Waals surface area contributed by atoms with Gasteiger partial charge >= 0.3 is 0 Å². The topological polar surface area (TPSA) is 83.1 Å². The third-order valence-electron chi connectivity index (χ3n) is 6.80. The highest BCUT2D eigenvalue weighted by molar-refractivity contribution is 7.92. The van der Waals surface area contributed by atoms with Gasteiger partial charge in [-0.2, -0.15) is 0 Å². The van der Waals surface area contributed by atoms with Gasteiger partial charge < -0.3 is 4.74 Å². The zero-order valence-electron chi connectivity index (χ0n) is 22.2. The van der Waals surface area contributed by atoms with Crippen molar-refractivity contribution in [2.75, 3.05) is 55.1 Å². The van der Waals surface area contributed by atoms with E-state index in [4.69, 9.17) is 4.74 Å². The third-order valence-corrected chi connectivity index (χ3v) is 9.75.